The Bertz CT molecular complexity index is 872. The van der Waals surface area contributed by atoms with Gasteiger partial charge in [0.1, 0.15) is 12.3 Å². The van der Waals surface area contributed by atoms with Crippen LogP contribution >= 0.6 is 27.5 Å². The van der Waals surface area contributed by atoms with Crippen LogP contribution in [0.1, 0.15) is 0 Å². The van der Waals surface area contributed by atoms with Gasteiger partial charge in [-0.15, -0.1) is 0 Å². The van der Waals surface area contributed by atoms with E-state index in [1.807, 2.05) is 0 Å². The lowest BCUT2D eigenvalue weighted by molar-refractivity contribution is -0.135. The minimum atomic E-state index is -4.14. The highest BCUT2D eigenvalue weighted by atomic mass is 79.9. The summed E-state index contributed by atoms with van der Waals surface area (Å²) in [5.41, 5.74) is 0.215. The number of anilines is 1. The second kappa shape index (κ2) is 7.42. The summed E-state index contributed by atoms with van der Waals surface area (Å²) in [5.74, 6) is -0.963. The lowest BCUT2D eigenvalue weighted by atomic mass is 10.3. The van der Waals surface area contributed by atoms with Gasteiger partial charge in [0, 0.05) is 4.47 Å². The fraction of sp³-hybridized carbons (Fsp3) is 0.133. The number of hydrogen-bond donors (Lipinski definition) is 1. The van der Waals surface area contributed by atoms with Crippen molar-refractivity contribution >= 4 is 49.2 Å². The zero-order chi connectivity index (χ0) is 17.9. The van der Waals surface area contributed by atoms with E-state index in [9.17, 15) is 13.2 Å². The maximum Gasteiger partial charge on any atom is 0.324 e. The van der Waals surface area contributed by atoms with Crippen LogP contribution in [0.2, 0.25) is 5.02 Å². The Labute approximate surface area is 152 Å². The zero-order valence-electron chi connectivity index (χ0n) is 12.4. The van der Waals surface area contributed by atoms with Gasteiger partial charge in [0.15, 0.2) is 0 Å². The molecule has 6 nitrogen and oxygen atoms in total. The first-order valence-electron chi connectivity index (χ1n) is 6.60. The predicted octanol–water partition coefficient (Wildman–Crippen LogP) is 3.39. The van der Waals surface area contributed by atoms with E-state index >= 15 is 0 Å². The molecule has 0 fully saturated rings. The molecule has 128 valence electrons. The molecule has 1 N–H and O–H groups in total. The molecule has 0 saturated carbocycles. The molecular weight excluding hydrogens is 422 g/mol. The number of sulfonamides is 1. The molecule has 0 amide bonds. The summed E-state index contributed by atoms with van der Waals surface area (Å²) in [5, 5.41) is 9.23. The first kappa shape index (κ1) is 18.6. The van der Waals surface area contributed by atoms with Crippen molar-refractivity contribution in [2.24, 2.45) is 0 Å². The van der Waals surface area contributed by atoms with E-state index in [1.54, 1.807) is 18.2 Å². The molecule has 0 spiro atoms. The van der Waals surface area contributed by atoms with Gasteiger partial charge in [-0.2, -0.15) is 0 Å². The summed E-state index contributed by atoms with van der Waals surface area (Å²) in [7, 11) is -2.73. The van der Waals surface area contributed by atoms with Crippen molar-refractivity contribution in [1.82, 2.24) is 0 Å². The molecule has 0 bridgehead atoms. The molecule has 0 saturated heterocycles. The minimum Gasteiger partial charge on any atom is -0.495 e. The number of ether oxygens (including phenoxy) is 1. The third kappa shape index (κ3) is 3.82. The van der Waals surface area contributed by atoms with E-state index in [0.29, 0.717) is 10.2 Å². The van der Waals surface area contributed by atoms with E-state index in [4.69, 9.17) is 21.4 Å². The highest BCUT2D eigenvalue weighted by Gasteiger charge is 2.29. The van der Waals surface area contributed by atoms with Crippen LogP contribution in [0, 0.1) is 0 Å². The summed E-state index contributed by atoms with van der Waals surface area (Å²) >= 11 is 9.23. The van der Waals surface area contributed by atoms with Crippen LogP contribution in [0.15, 0.2) is 51.8 Å². The Hall–Kier alpha value is -1.77. The van der Waals surface area contributed by atoms with Gasteiger partial charge >= 0.3 is 5.97 Å². The third-order valence-corrected chi connectivity index (χ3v) is 5.83. The van der Waals surface area contributed by atoms with Crippen molar-refractivity contribution < 1.29 is 23.1 Å². The molecule has 0 atom stereocenters. The number of benzene rings is 2. The quantitative estimate of drug-likeness (QED) is 0.753. The molecule has 2 rings (SSSR count). The van der Waals surface area contributed by atoms with Crippen molar-refractivity contribution in [1.29, 1.82) is 0 Å². The van der Waals surface area contributed by atoms with Crippen LogP contribution in [-0.4, -0.2) is 33.1 Å². The predicted molar refractivity (Wildman–Crippen MR) is 94.3 cm³/mol. The Morgan fingerprint density at radius 1 is 1.29 bits per heavy atom. The van der Waals surface area contributed by atoms with Crippen molar-refractivity contribution in [2.75, 3.05) is 18.0 Å². The number of nitrogens with zero attached hydrogens (tertiary/aromatic N) is 1. The number of methoxy groups -OCH3 is 1. The molecule has 2 aromatic rings. The van der Waals surface area contributed by atoms with Crippen molar-refractivity contribution in [3.05, 3.63) is 52.0 Å². The number of halogens is 2. The summed E-state index contributed by atoms with van der Waals surface area (Å²) < 4.78 is 32.1. The fourth-order valence-corrected chi connectivity index (χ4v) is 4.41. The van der Waals surface area contributed by atoms with Gasteiger partial charge in [0.25, 0.3) is 10.0 Å². The number of carboxylic acid groups (broad SMARTS) is 1. The molecule has 0 aliphatic rings. The number of aliphatic carboxylic acids is 1. The van der Waals surface area contributed by atoms with Gasteiger partial charge in [0.2, 0.25) is 0 Å². The second-order valence-corrected chi connectivity index (χ2v) is 7.78. The molecule has 9 heteroatoms. The summed E-state index contributed by atoms with van der Waals surface area (Å²) in [6.45, 7) is -0.728. The van der Waals surface area contributed by atoms with E-state index in [-0.39, 0.29) is 15.6 Å². The average molecular weight is 435 g/mol. The zero-order valence-corrected chi connectivity index (χ0v) is 15.6. The van der Waals surface area contributed by atoms with Crippen LogP contribution in [-0.2, 0) is 14.8 Å². The minimum absolute atomic E-state index is 0.112. The van der Waals surface area contributed by atoms with E-state index in [2.05, 4.69) is 15.9 Å². The maximum absolute atomic E-state index is 12.9. The molecule has 0 aliphatic heterocycles. The van der Waals surface area contributed by atoms with Gasteiger partial charge in [-0.25, -0.2) is 8.42 Å². The number of carbonyl (C=O) groups is 1. The van der Waals surface area contributed by atoms with E-state index in [0.717, 1.165) is 4.31 Å². The largest absolute Gasteiger partial charge is 0.495 e. The molecule has 0 heterocycles. The van der Waals surface area contributed by atoms with E-state index < -0.39 is 22.5 Å². The van der Waals surface area contributed by atoms with Crippen LogP contribution in [0.4, 0.5) is 5.69 Å². The Morgan fingerprint density at radius 3 is 2.50 bits per heavy atom. The Balaban J connectivity index is 2.58. The third-order valence-electron chi connectivity index (χ3n) is 3.11. The average Bonchev–Trinajstić information content (AvgIpc) is 2.53. The number of carboxylic acids is 1. The van der Waals surface area contributed by atoms with Gasteiger partial charge < -0.3 is 9.84 Å². The molecule has 0 aromatic heterocycles. The Morgan fingerprint density at radius 2 is 1.96 bits per heavy atom. The van der Waals surface area contributed by atoms with Crippen LogP contribution in [0.3, 0.4) is 0 Å². The summed E-state index contributed by atoms with van der Waals surface area (Å²) in [6, 6.07) is 10.4. The maximum atomic E-state index is 12.9. The second-order valence-electron chi connectivity index (χ2n) is 4.65. The standard InChI is InChI=1S/C15H13BrClNO5S/c1-23-14-7-6-10(8-12(14)17)24(21,22)18(9-15(19)20)13-5-3-2-4-11(13)16/h2-8H,9H2,1H3,(H,19,20). The molecule has 2 aromatic carbocycles. The normalized spacial score (nSPS) is 11.1. The lowest BCUT2D eigenvalue weighted by Gasteiger charge is -2.24. The SMILES string of the molecule is COc1ccc(S(=O)(=O)N(CC(=O)O)c2ccccc2Br)cc1Cl. The number of hydrogen-bond acceptors (Lipinski definition) is 4. The van der Waals surface area contributed by atoms with Crippen molar-refractivity contribution in [2.45, 2.75) is 4.90 Å². The van der Waals surface area contributed by atoms with Crippen molar-refractivity contribution in [3.63, 3.8) is 0 Å². The molecule has 0 aliphatic carbocycles. The molecule has 0 unspecified atom stereocenters. The van der Waals surface area contributed by atoms with Crippen LogP contribution in [0.5, 0.6) is 5.75 Å². The number of rotatable bonds is 6. The van der Waals surface area contributed by atoms with Crippen LogP contribution in [0.25, 0.3) is 0 Å². The monoisotopic (exact) mass is 433 g/mol. The van der Waals surface area contributed by atoms with Gasteiger partial charge in [-0.1, -0.05) is 23.7 Å². The Kier molecular flexibility index (Phi) is 5.74. The smallest absolute Gasteiger partial charge is 0.324 e. The molecule has 0 radical (unpaired) electrons. The first-order chi connectivity index (χ1) is 11.3. The van der Waals surface area contributed by atoms with E-state index in [1.165, 1.54) is 31.4 Å². The topological polar surface area (TPSA) is 83.9 Å². The van der Waals surface area contributed by atoms with Gasteiger partial charge in [-0.05, 0) is 46.3 Å². The lowest BCUT2D eigenvalue weighted by Crippen LogP contribution is -2.36. The molecular formula is C15H13BrClNO5S. The first-order valence-corrected chi connectivity index (χ1v) is 9.21. The van der Waals surface area contributed by atoms with Gasteiger partial charge in [0.05, 0.1) is 22.7 Å². The summed E-state index contributed by atoms with van der Waals surface area (Å²) in [6.07, 6.45) is 0. The fourth-order valence-electron chi connectivity index (χ4n) is 2.01. The van der Waals surface area contributed by atoms with Crippen molar-refractivity contribution in [3.8, 4) is 5.75 Å². The highest BCUT2D eigenvalue weighted by Crippen LogP contribution is 2.33. The number of para-hydroxylation sites is 1. The summed E-state index contributed by atoms with van der Waals surface area (Å²) in [4.78, 5) is 11.0. The highest BCUT2D eigenvalue weighted by molar-refractivity contribution is 9.10. The van der Waals surface area contributed by atoms with Gasteiger partial charge in [-0.3, -0.25) is 9.10 Å². The van der Waals surface area contributed by atoms with Crippen LogP contribution < -0.4 is 9.04 Å². The molecule has 24 heavy (non-hydrogen) atoms.